The zero-order valence-electron chi connectivity index (χ0n) is 12.6. The minimum Gasteiger partial charge on any atom is -0.494 e. The molecule has 0 aromatic heterocycles. The van der Waals surface area contributed by atoms with Crippen molar-refractivity contribution in [3.05, 3.63) is 29.8 Å². The lowest BCUT2D eigenvalue weighted by Crippen LogP contribution is -2.32. The number of ether oxygens (including phenoxy) is 1. The lowest BCUT2D eigenvalue weighted by Gasteiger charge is -2.12. The Hall–Kier alpha value is -2.04. The Labute approximate surface area is 125 Å². The highest BCUT2D eigenvalue weighted by Gasteiger charge is 2.16. The average Bonchev–Trinajstić information content (AvgIpc) is 2.47. The van der Waals surface area contributed by atoms with Crippen LogP contribution in [0.3, 0.4) is 0 Å². The van der Waals surface area contributed by atoms with E-state index in [4.69, 9.17) is 9.84 Å². The summed E-state index contributed by atoms with van der Waals surface area (Å²) in [6.45, 7) is 4.47. The topological polar surface area (TPSA) is 75.6 Å². The average molecular weight is 293 g/mol. The predicted octanol–water partition coefficient (Wildman–Crippen LogP) is 2.24. The molecule has 1 rings (SSSR count). The van der Waals surface area contributed by atoms with Crippen molar-refractivity contribution < 1.29 is 19.4 Å². The summed E-state index contributed by atoms with van der Waals surface area (Å²) in [5.74, 6) is -0.741. The van der Waals surface area contributed by atoms with Gasteiger partial charge >= 0.3 is 5.97 Å². The van der Waals surface area contributed by atoms with Crippen molar-refractivity contribution in [3.8, 4) is 5.75 Å². The molecule has 116 valence electrons. The van der Waals surface area contributed by atoms with E-state index in [1.54, 1.807) is 6.92 Å². The van der Waals surface area contributed by atoms with Gasteiger partial charge in [-0.05, 0) is 31.4 Å². The van der Waals surface area contributed by atoms with E-state index in [1.165, 1.54) is 0 Å². The van der Waals surface area contributed by atoms with Crippen LogP contribution in [0.2, 0.25) is 0 Å². The Morgan fingerprint density at radius 1 is 1.29 bits per heavy atom. The number of hydrogen-bond acceptors (Lipinski definition) is 3. The molecule has 0 fully saturated rings. The molecule has 1 unspecified atom stereocenters. The first-order valence-corrected chi connectivity index (χ1v) is 7.28. The van der Waals surface area contributed by atoms with Crippen LogP contribution in [-0.4, -0.2) is 30.1 Å². The van der Waals surface area contributed by atoms with Gasteiger partial charge in [0.15, 0.2) is 0 Å². The maximum absolute atomic E-state index is 11.8. The first-order chi connectivity index (χ1) is 10.1. The maximum Gasteiger partial charge on any atom is 0.308 e. The van der Waals surface area contributed by atoms with E-state index < -0.39 is 11.9 Å². The predicted molar refractivity (Wildman–Crippen MR) is 80.4 cm³/mol. The van der Waals surface area contributed by atoms with Crippen molar-refractivity contribution in [1.29, 1.82) is 0 Å². The first kappa shape index (κ1) is 17.0. The molecule has 0 spiro atoms. The Morgan fingerprint density at radius 3 is 2.62 bits per heavy atom. The SMILES string of the molecule is CCOc1ccccc1CCC(=O)NCC(CC)C(=O)O. The standard InChI is InChI=1S/C16H23NO4/c1-3-12(16(19)20)11-17-15(18)10-9-13-7-5-6-8-14(13)21-4-2/h5-8,12H,3-4,9-11H2,1-2H3,(H,17,18)(H,19,20). The highest BCUT2D eigenvalue weighted by atomic mass is 16.5. The van der Waals surface area contributed by atoms with Gasteiger partial charge in [-0.3, -0.25) is 9.59 Å². The summed E-state index contributed by atoms with van der Waals surface area (Å²) in [5.41, 5.74) is 0.986. The molecule has 5 heteroatoms. The summed E-state index contributed by atoms with van der Waals surface area (Å²) in [4.78, 5) is 22.7. The lowest BCUT2D eigenvalue weighted by molar-refractivity contribution is -0.141. The molecule has 1 aromatic carbocycles. The van der Waals surface area contributed by atoms with E-state index in [0.29, 0.717) is 25.9 Å². The number of carboxylic acid groups (broad SMARTS) is 1. The molecule has 0 saturated heterocycles. The molecule has 0 aliphatic rings. The molecule has 1 atom stereocenters. The maximum atomic E-state index is 11.8. The zero-order valence-corrected chi connectivity index (χ0v) is 12.6. The van der Waals surface area contributed by atoms with E-state index in [9.17, 15) is 9.59 Å². The van der Waals surface area contributed by atoms with Crippen molar-refractivity contribution >= 4 is 11.9 Å². The van der Waals surface area contributed by atoms with Crippen LogP contribution in [0.1, 0.15) is 32.3 Å². The highest BCUT2D eigenvalue weighted by molar-refractivity contribution is 5.77. The first-order valence-electron chi connectivity index (χ1n) is 7.28. The number of aryl methyl sites for hydroxylation is 1. The van der Waals surface area contributed by atoms with Crippen molar-refractivity contribution in [3.63, 3.8) is 0 Å². The van der Waals surface area contributed by atoms with E-state index in [2.05, 4.69) is 5.32 Å². The Bertz CT molecular complexity index is 473. The molecular formula is C16H23NO4. The molecule has 0 radical (unpaired) electrons. The molecule has 1 aromatic rings. The summed E-state index contributed by atoms with van der Waals surface area (Å²) in [5, 5.41) is 11.6. The van der Waals surface area contributed by atoms with Gasteiger partial charge in [0, 0.05) is 13.0 Å². The minimum atomic E-state index is -0.875. The quantitative estimate of drug-likeness (QED) is 0.732. The summed E-state index contributed by atoms with van der Waals surface area (Å²) in [6.07, 6.45) is 1.40. The molecule has 0 aliphatic carbocycles. The number of carboxylic acids is 1. The normalized spacial score (nSPS) is 11.7. The number of para-hydroxylation sites is 1. The van der Waals surface area contributed by atoms with Gasteiger partial charge in [0.05, 0.1) is 12.5 Å². The largest absolute Gasteiger partial charge is 0.494 e. The van der Waals surface area contributed by atoms with Gasteiger partial charge < -0.3 is 15.2 Å². The summed E-state index contributed by atoms with van der Waals surface area (Å²) >= 11 is 0. The number of benzene rings is 1. The Balaban J connectivity index is 2.44. The number of nitrogens with one attached hydrogen (secondary N) is 1. The summed E-state index contributed by atoms with van der Waals surface area (Å²) < 4.78 is 5.51. The van der Waals surface area contributed by atoms with Crippen molar-refractivity contribution in [2.24, 2.45) is 5.92 Å². The van der Waals surface area contributed by atoms with E-state index >= 15 is 0 Å². The van der Waals surface area contributed by atoms with E-state index in [-0.39, 0.29) is 12.5 Å². The van der Waals surface area contributed by atoms with E-state index in [0.717, 1.165) is 11.3 Å². The van der Waals surface area contributed by atoms with Crippen LogP contribution in [0, 0.1) is 5.92 Å². The van der Waals surface area contributed by atoms with Gasteiger partial charge in [-0.15, -0.1) is 0 Å². The van der Waals surface area contributed by atoms with Crippen LogP contribution < -0.4 is 10.1 Å². The molecule has 0 aliphatic heterocycles. The Morgan fingerprint density at radius 2 is 2.00 bits per heavy atom. The van der Waals surface area contributed by atoms with Crippen molar-refractivity contribution in [2.45, 2.75) is 33.1 Å². The van der Waals surface area contributed by atoms with Crippen LogP contribution in [0.4, 0.5) is 0 Å². The number of rotatable bonds is 9. The number of carbonyl (C=O) groups excluding carboxylic acids is 1. The second-order valence-electron chi connectivity index (χ2n) is 4.79. The molecular weight excluding hydrogens is 270 g/mol. The molecule has 5 nitrogen and oxygen atoms in total. The number of carbonyl (C=O) groups is 2. The van der Waals surface area contributed by atoms with Gasteiger partial charge in [-0.2, -0.15) is 0 Å². The van der Waals surface area contributed by atoms with Gasteiger partial charge in [0.2, 0.25) is 5.91 Å². The van der Waals surface area contributed by atoms with Crippen LogP contribution >= 0.6 is 0 Å². The van der Waals surface area contributed by atoms with Gasteiger partial charge in [0.25, 0.3) is 0 Å². The molecule has 21 heavy (non-hydrogen) atoms. The fraction of sp³-hybridized carbons (Fsp3) is 0.500. The van der Waals surface area contributed by atoms with Gasteiger partial charge in [0.1, 0.15) is 5.75 Å². The third-order valence-electron chi connectivity index (χ3n) is 3.28. The lowest BCUT2D eigenvalue weighted by atomic mass is 10.1. The summed E-state index contributed by atoms with van der Waals surface area (Å²) in [7, 11) is 0. The third-order valence-corrected chi connectivity index (χ3v) is 3.28. The van der Waals surface area contributed by atoms with Crippen LogP contribution in [0.15, 0.2) is 24.3 Å². The highest BCUT2D eigenvalue weighted by Crippen LogP contribution is 2.19. The second kappa shape index (κ2) is 9.00. The van der Waals surface area contributed by atoms with Crippen LogP contribution in [0.25, 0.3) is 0 Å². The second-order valence-corrected chi connectivity index (χ2v) is 4.79. The molecule has 1 amide bonds. The fourth-order valence-electron chi connectivity index (χ4n) is 1.99. The number of aliphatic carboxylic acids is 1. The van der Waals surface area contributed by atoms with Gasteiger partial charge in [-0.25, -0.2) is 0 Å². The van der Waals surface area contributed by atoms with Crippen molar-refractivity contribution in [2.75, 3.05) is 13.2 Å². The minimum absolute atomic E-state index is 0.138. The third kappa shape index (κ3) is 5.85. The van der Waals surface area contributed by atoms with Crippen LogP contribution in [-0.2, 0) is 16.0 Å². The van der Waals surface area contributed by atoms with E-state index in [1.807, 2.05) is 31.2 Å². The summed E-state index contributed by atoms with van der Waals surface area (Å²) in [6, 6.07) is 7.62. The number of hydrogen-bond donors (Lipinski definition) is 2. The molecule has 0 bridgehead atoms. The van der Waals surface area contributed by atoms with Crippen LogP contribution in [0.5, 0.6) is 5.75 Å². The monoisotopic (exact) mass is 293 g/mol. The fourth-order valence-corrected chi connectivity index (χ4v) is 1.99. The number of amides is 1. The molecule has 0 heterocycles. The molecule has 2 N–H and O–H groups in total. The van der Waals surface area contributed by atoms with Crippen molar-refractivity contribution in [1.82, 2.24) is 5.32 Å². The smallest absolute Gasteiger partial charge is 0.308 e. The van der Waals surface area contributed by atoms with Gasteiger partial charge in [-0.1, -0.05) is 25.1 Å². The molecule has 0 saturated carbocycles. The zero-order chi connectivity index (χ0) is 15.7. The Kier molecular flexibility index (Phi) is 7.29.